The standard InChI is InChI=1S/C22H25ClN2O6S/c23-18-13-20-21(30-12-4-11-29-20)14-19(18)24-22(26)15-31-16-5-7-17(8-6-16)32(27,28)25-9-2-1-3-10-25/h5-8,13-14H,1-4,9-12,15H2,(H,24,26). The first-order valence-electron chi connectivity index (χ1n) is 10.6. The normalized spacial score (nSPS) is 16.8. The number of halogens is 1. The Kier molecular flexibility index (Phi) is 7.07. The molecule has 0 unspecified atom stereocenters. The number of piperidine rings is 1. The molecule has 0 aliphatic carbocycles. The molecular formula is C22H25ClN2O6S. The van der Waals surface area contributed by atoms with Gasteiger partial charge >= 0.3 is 0 Å². The van der Waals surface area contributed by atoms with Crippen LogP contribution in [-0.2, 0) is 14.8 Å². The summed E-state index contributed by atoms with van der Waals surface area (Å²) < 4.78 is 43.6. The minimum Gasteiger partial charge on any atom is -0.490 e. The lowest BCUT2D eigenvalue weighted by molar-refractivity contribution is -0.118. The molecule has 2 aromatic carbocycles. The fourth-order valence-corrected chi connectivity index (χ4v) is 5.30. The number of fused-ring (bicyclic) bond motifs is 1. The Bertz CT molecular complexity index is 1070. The van der Waals surface area contributed by atoms with Crippen molar-refractivity contribution in [3.63, 3.8) is 0 Å². The van der Waals surface area contributed by atoms with Crippen LogP contribution in [0.1, 0.15) is 25.7 Å². The number of amides is 1. The van der Waals surface area contributed by atoms with E-state index >= 15 is 0 Å². The van der Waals surface area contributed by atoms with Crippen molar-refractivity contribution in [1.82, 2.24) is 4.31 Å². The number of ether oxygens (including phenoxy) is 3. The fraction of sp³-hybridized carbons (Fsp3) is 0.409. The average Bonchev–Trinajstić information content (AvgIpc) is 3.03. The van der Waals surface area contributed by atoms with Crippen LogP contribution in [0.2, 0.25) is 5.02 Å². The Hall–Kier alpha value is -2.49. The third-order valence-corrected chi connectivity index (χ3v) is 7.48. The molecule has 0 saturated carbocycles. The number of carbonyl (C=O) groups excluding carboxylic acids is 1. The zero-order valence-corrected chi connectivity index (χ0v) is 19.1. The third kappa shape index (κ3) is 5.28. The number of rotatable bonds is 6. The highest BCUT2D eigenvalue weighted by molar-refractivity contribution is 7.89. The quantitative estimate of drug-likeness (QED) is 0.677. The number of carbonyl (C=O) groups is 1. The molecule has 32 heavy (non-hydrogen) atoms. The molecule has 1 fully saturated rings. The van der Waals surface area contributed by atoms with Crippen LogP contribution in [0, 0.1) is 0 Å². The van der Waals surface area contributed by atoms with Gasteiger partial charge in [-0.3, -0.25) is 4.79 Å². The van der Waals surface area contributed by atoms with Gasteiger partial charge in [0.25, 0.3) is 5.91 Å². The lowest BCUT2D eigenvalue weighted by Crippen LogP contribution is -2.35. The van der Waals surface area contributed by atoms with E-state index in [9.17, 15) is 13.2 Å². The lowest BCUT2D eigenvalue weighted by Gasteiger charge is -2.25. The second-order valence-electron chi connectivity index (χ2n) is 7.60. The van der Waals surface area contributed by atoms with Crippen LogP contribution in [0.5, 0.6) is 17.2 Å². The van der Waals surface area contributed by atoms with Gasteiger partial charge in [0.15, 0.2) is 18.1 Å². The van der Waals surface area contributed by atoms with Crippen LogP contribution in [0.25, 0.3) is 0 Å². The van der Waals surface area contributed by atoms with Crippen molar-refractivity contribution >= 4 is 33.2 Å². The molecule has 1 N–H and O–H groups in total. The van der Waals surface area contributed by atoms with E-state index in [-0.39, 0.29) is 11.5 Å². The maximum absolute atomic E-state index is 12.7. The summed E-state index contributed by atoms with van der Waals surface area (Å²) in [7, 11) is -3.50. The van der Waals surface area contributed by atoms with Crippen LogP contribution < -0.4 is 19.5 Å². The summed E-state index contributed by atoms with van der Waals surface area (Å²) in [6.07, 6.45) is 3.57. The van der Waals surface area contributed by atoms with Gasteiger partial charge in [-0.25, -0.2) is 8.42 Å². The summed E-state index contributed by atoms with van der Waals surface area (Å²) in [5, 5.41) is 3.02. The number of nitrogens with zero attached hydrogens (tertiary/aromatic N) is 1. The van der Waals surface area contributed by atoms with Crippen molar-refractivity contribution in [1.29, 1.82) is 0 Å². The predicted octanol–water partition coefficient (Wildman–Crippen LogP) is 3.69. The van der Waals surface area contributed by atoms with Crippen LogP contribution >= 0.6 is 11.6 Å². The number of anilines is 1. The maximum Gasteiger partial charge on any atom is 0.262 e. The van der Waals surface area contributed by atoms with Gasteiger partial charge in [0, 0.05) is 31.6 Å². The second-order valence-corrected chi connectivity index (χ2v) is 9.95. The van der Waals surface area contributed by atoms with Crippen molar-refractivity contribution < 1.29 is 27.4 Å². The Morgan fingerprint density at radius 1 is 1.00 bits per heavy atom. The molecule has 0 bridgehead atoms. The van der Waals surface area contributed by atoms with E-state index in [2.05, 4.69) is 5.32 Å². The van der Waals surface area contributed by atoms with Crippen LogP contribution in [0.15, 0.2) is 41.3 Å². The molecule has 2 aromatic rings. The van der Waals surface area contributed by atoms with Crippen LogP contribution in [0.4, 0.5) is 5.69 Å². The van der Waals surface area contributed by atoms with Crippen molar-refractivity contribution in [3.05, 3.63) is 41.4 Å². The molecule has 2 heterocycles. The number of hydrogen-bond acceptors (Lipinski definition) is 6. The Labute approximate surface area is 192 Å². The molecule has 8 nitrogen and oxygen atoms in total. The molecule has 172 valence electrons. The molecule has 1 saturated heterocycles. The van der Waals surface area contributed by atoms with E-state index in [1.807, 2.05) is 0 Å². The smallest absolute Gasteiger partial charge is 0.262 e. The van der Waals surface area contributed by atoms with E-state index in [0.29, 0.717) is 54.3 Å². The average molecular weight is 481 g/mol. The summed E-state index contributed by atoms with van der Waals surface area (Å²) in [5.74, 6) is 1.05. The molecule has 0 atom stereocenters. The van der Waals surface area contributed by atoms with Gasteiger partial charge in [0.05, 0.1) is 28.8 Å². The molecule has 0 aromatic heterocycles. The molecule has 1 amide bonds. The Morgan fingerprint density at radius 2 is 1.66 bits per heavy atom. The first-order valence-corrected chi connectivity index (χ1v) is 12.4. The largest absolute Gasteiger partial charge is 0.490 e. The van der Waals surface area contributed by atoms with Gasteiger partial charge < -0.3 is 19.5 Å². The summed E-state index contributed by atoms with van der Waals surface area (Å²) in [5.41, 5.74) is 0.396. The highest BCUT2D eigenvalue weighted by Crippen LogP contribution is 2.37. The summed E-state index contributed by atoms with van der Waals surface area (Å²) in [4.78, 5) is 12.6. The Morgan fingerprint density at radius 3 is 2.34 bits per heavy atom. The second kappa shape index (κ2) is 9.97. The first-order chi connectivity index (χ1) is 15.4. The van der Waals surface area contributed by atoms with Crippen LogP contribution in [-0.4, -0.2) is 51.5 Å². The fourth-order valence-electron chi connectivity index (χ4n) is 3.58. The van der Waals surface area contributed by atoms with E-state index in [1.54, 1.807) is 24.3 Å². The molecule has 4 rings (SSSR count). The topological polar surface area (TPSA) is 94.2 Å². The van der Waals surface area contributed by atoms with Crippen molar-refractivity contribution in [2.24, 2.45) is 0 Å². The zero-order chi connectivity index (χ0) is 22.6. The highest BCUT2D eigenvalue weighted by atomic mass is 35.5. The molecule has 0 radical (unpaired) electrons. The minimum absolute atomic E-state index is 0.218. The van der Waals surface area contributed by atoms with Gasteiger partial charge in [-0.05, 0) is 37.1 Å². The molecule has 2 aliphatic heterocycles. The van der Waals surface area contributed by atoms with Gasteiger partial charge in [-0.15, -0.1) is 0 Å². The van der Waals surface area contributed by atoms with Crippen molar-refractivity contribution in [3.8, 4) is 17.2 Å². The molecular weight excluding hydrogens is 456 g/mol. The van der Waals surface area contributed by atoms with Gasteiger partial charge in [-0.2, -0.15) is 4.31 Å². The third-order valence-electron chi connectivity index (χ3n) is 5.26. The van der Waals surface area contributed by atoms with Gasteiger partial charge in [-0.1, -0.05) is 18.0 Å². The maximum atomic E-state index is 12.7. The lowest BCUT2D eigenvalue weighted by atomic mass is 10.2. The summed E-state index contributed by atoms with van der Waals surface area (Å²) >= 11 is 6.25. The Balaban J connectivity index is 1.35. The summed E-state index contributed by atoms with van der Waals surface area (Å²) in [6.45, 7) is 1.89. The minimum atomic E-state index is -3.50. The number of hydrogen-bond donors (Lipinski definition) is 1. The van der Waals surface area contributed by atoms with E-state index < -0.39 is 15.9 Å². The van der Waals surface area contributed by atoms with E-state index in [4.69, 9.17) is 25.8 Å². The molecule has 10 heteroatoms. The van der Waals surface area contributed by atoms with E-state index in [1.165, 1.54) is 16.4 Å². The number of nitrogens with one attached hydrogen (secondary N) is 1. The SMILES string of the molecule is O=C(COc1ccc(S(=O)(=O)N2CCCCC2)cc1)Nc1cc2c(cc1Cl)OCCCO2. The molecule has 0 spiro atoms. The number of sulfonamides is 1. The van der Waals surface area contributed by atoms with E-state index in [0.717, 1.165) is 25.7 Å². The van der Waals surface area contributed by atoms with Crippen molar-refractivity contribution in [2.75, 3.05) is 38.2 Å². The van der Waals surface area contributed by atoms with Crippen LogP contribution in [0.3, 0.4) is 0 Å². The summed E-state index contributed by atoms with van der Waals surface area (Å²) in [6, 6.07) is 9.33. The van der Waals surface area contributed by atoms with Gasteiger partial charge in [0.2, 0.25) is 10.0 Å². The zero-order valence-electron chi connectivity index (χ0n) is 17.5. The monoisotopic (exact) mass is 480 g/mol. The first kappa shape index (κ1) is 22.7. The van der Waals surface area contributed by atoms with Gasteiger partial charge in [0.1, 0.15) is 5.75 Å². The predicted molar refractivity (Wildman–Crippen MR) is 120 cm³/mol. The molecule has 2 aliphatic rings. The highest BCUT2D eigenvalue weighted by Gasteiger charge is 2.25. The van der Waals surface area contributed by atoms with Crippen molar-refractivity contribution in [2.45, 2.75) is 30.6 Å². The number of benzene rings is 2.